The van der Waals surface area contributed by atoms with Gasteiger partial charge in [-0.25, -0.2) is 26.9 Å². The van der Waals surface area contributed by atoms with E-state index in [0.717, 1.165) is 6.92 Å². The number of aliphatic imine (C=N–C) groups is 1. The highest BCUT2D eigenvalue weighted by molar-refractivity contribution is 7.90. The number of hydrogen-bond acceptors (Lipinski definition) is 4. The van der Waals surface area contributed by atoms with E-state index in [0.29, 0.717) is 0 Å². The third-order valence-electron chi connectivity index (χ3n) is 2.61. The third kappa shape index (κ3) is 2.80. The SMILES string of the molecule is CC(N=C1Nc2ccncc2S(=O)(=O)N1)C(C)(F)F. The first-order valence-corrected chi connectivity index (χ1v) is 6.88. The molecule has 0 amide bonds. The largest absolute Gasteiger partial charge is 0.324 e. The van der Waals surface area contributed by atoms with Gasteiger partial charge in [-0.1, -0.05) is 0 Å². The van der Waals surface area contributed by atoms with Crippen LogP contribution in [-0.4, -0.2) is 31.3 Å². The Morgan fingerprint density at radius 3 is 2.79 bits per heavy atom. The predicted octanol–water partition coefficient (Wildman–Crippen LogP) is 1.19. The van der Waals surface area contributed by atoms with Crippen molar-refractivity contribution in [1.29, 1.82) is 0 Å². The number of aromatic nitrogens is 1. The molecule has 0 spiro atoms. The Morgan fingerprint density at radius 1 is 1.47 bits per heavy atom. The van der Waals surface area contributed by atoms with E-state index in [-0.39, 0.29) is 16.5 Å². The lowest BCUT2D eigenvalue weighted by molar-refractivity contribution is 0.00127. The Balaban J connectivity index is 2.38. The van der Waals surface area contributed by atoms with Gasteiger partial charge in [0.15, 0.2) is 0 Å². The number of halogens is 2. The van der Waals surface area contributed by atoms with Gasteiger partial charge in [0.25, 0.3) is 15.9 Å². The molecule has 0 aromatic carbocycles. The Hall–Kier alpha value is -1.77. The van der Waals surface area contributed by atoms with Gasteiger partial charge in [0.05, 0.1) is 5.69 Å². The molecule has 0 fully saturated rings. The summed E-state index contributed by atoms with van der Waals surface area (Å²) in [7, 11) is -3.83. The fourth-order valence-corrected chi connectivity index (χ4v) is 2.47. The van der Waals surface area contributed by atoms with Crippen LogP contribution >= 0.6 is 0 Å². The lowest BCUT2D eigenvalue weighted by atomic mass is 10.2. The molecule has 104 valence electrons. The second-order valence-corrected chi connectivity index (χ2v) is 5.86. The highest BCUT2D eigenvalue weighted by Gasteiger charge is 2.32. The van der Waals surface area contributed by atoms with E-state index in [2.05, 4.69) is 20.0 Å². The minimum Gasteiger partial charge on any atom is -0.324 e. The molecule has 0 aliphatic carbocycles. The van der Waals surface area contributed by atoms with Gasteiger partial charge in [-0.3, -0.25) is 4.98 Å². The molecular weight excluding hydrogens is 278 g/mol. The number of anilines is 1. The monoisotopic (exact) mass is 290 g/mol. The summed E-state index contributed by atoms with van der Waals surface area (Å²) in [5, 5.41) is 2.64. The van der Waals surface area contributed by atoms with Gasteiger partial charge >= 0.3 is 0 Å². The van der Waals surface area contributed by atoms with Crippen LogP contribution in [0.15, 0.2) is 28.3 Å². The number of alkyl halides is 2. The van der Waals surface area contributed by atoms with Gasteiger partial charge in [-0.2, -0.15) is 0 Å². The summed E-state index contributed by atoms with van der Waals surface area (Å²) in [4.78, 5) is 7.30. The van der Waals surface area contributed by atoms with E-state index in [1.807, 2.05) is 0 Å². The topological polar surface area (TPSA) is 83.5 Å². The highest BCUT2D eigenvalue weighted by Crippen LogP contribution is 2.24. The Bertz CT molecular complexity index is 625. The first-order valence-electron chi connectivity index (χ1n) is 5.39. The van der Waals surface area contributed by atoms with Crippen LogP contribution in [0.1, 0.15) is 13.8 Å². The average molecular weight is 290 g/mol. The third-order valence-corrected chi connectivity index (χ3v) is 3.98. The smallest absolute Gasteiger partial charge is 0.267 e. The van der Waals surface area contributed by atoms with Crippen LogP contribution in [0.4, 0.5) is 14.5 Å². The molecule has 0 saturated heterocycles. The van der Waals surface area contributed by atoms with E-state index in [1.54, 1.807) is 0 Å². The number of hydrogen-bond donors (Lipinski definition) is 2. The molecule has 1 aliphatic rings. The maximum atomic E-state index is 13.0. The molecule has 6 nitrogen and oxygen atoms in total. The molecule has 1 unspecified atom stereocenters. The van der Waals surface area contributed by atoms with Gasteiger partial charge in [0.1, 0.15) is 10.9 Å². The molecule has 2 rings (SSSR count). The number of nitrogens with zero attached hydrogens (tertiary/aromatic N) is 2. The summed E-state index contributed by atoms with van der Waals surface area (Å²) >= 11 is 0. The standard InChI is InChI=1S/C10H12F2N4O2S/c1-6(10(2,11)12)14-9-15-7-3-4-13-5-8(7)19(17,18)16-9/h3-6H,1-2H3,(H2,14,15,16). The van der Waals surface area contributed by atoms with Gasteiger partial charge in [-0.05, 0) is 13.0 Å². The Labute approximate surface area is 109 Å². The summed E-state index contributed by atoms with van der Waals surface area (Å²) in [5.41, 5.74) is 0.249. The number of fused-ring (bicyclic) bond motifs is 1. The molecule has 1 atom stereocenters. The highest BCUT2D eigenvalue weighted by atomic mass is 32.2. The number of sulfonamides is 1. The maximum Gasteiger partial charge on any atom is 0.267 e. The van der Waals surface area contributed by atoms with Gasteiger partial charge < -0.3 is 5.32 Å². The zero-order valence-corrected chi connectivity index (χ0v) is 11.0. The van der Waals surface area contributed by atoms with E-state index in [4.69, 9.17) is 0 Å². The number of rotatable bonds is 2. The van der Waals surface area contributed by atoms with Crippen molar-refractivity contribution in [2.75, 3.05) is 5.32 Å². The van der Waals surface area contributed by atoms with Crippen LogP contribution in [0.25, 0.3) is 0 Å². The molecule has 1 aromatic heterocycles. The van der Waals surface area contributed by atoms with Crippen LogP contribution in [0.5, 0.6) is 0 Å². The second kappa shape index (κ2) is 4.41. The molecule has 0 bridgehead atoms. The van der Waals surface area contributed by atoms with E-state index in [1.165, 1.54) is 25.4 Å². The molecule has 1 aromatic rings. The van der Waals surface area contributed by atoms with E-state index >= 15 is 0 Å². The van der Waals surface area contributed by atoms with Crippen molar-refractivity contribution < 1.29 is 17.2 Å². The maximum absolute atomic E-state index is 13.0. The molecule has 0 radical (unpaired) electrons. The number of nitrogens with one attached hydrogen (secondary N) is 2. The van der Waals surface area contributed by atoms with Crippen LogP contribution in [0.2, 0.25) is 0 Å². The summed E-state index contributed by atoms with van der Waals surface area (Å²) in [5.74, 6) is -3.27. The van der Waals surface area contributed by atoms with Crippen molar-refractivity contribution in [3.05, 3.63) is 18.5 Å². The summed E-state index contributed by atoms with van der Waals surface area (Å²) in [6.45, 7) is 1.92. The van der Waals surface area contributed by atoms with Crippen molar-refractivity contribution in [2.24, 2.45) is 4.99 Å². The molecule has 2 heterocycles. The molecule has 9 heteroatoms. The van der Waals surface area contributed by atoms with Crippen LogP contribution < -0.4 is 10.0 Å². The van der Waals surface area contributed by atoms with Crippen LogP contribution in [0.3, 0.4) is 0 Å². The van der Waals surface area contributed by atoms with Crippen molar-refractivity contribution in [1.82, 2.24) is 9.71 Å². The second-order valence-electron chi connectivity index (χ2n) is 4.21. The lowest BCUT2D eigenvalue weighted by Crippen LogP contribution is -2.42. The van der Waals surface area contributed by atoms with Crippen molar-refractivity contribution in [3.8, 4) is 0 Å². The first-order chi connectivity index (χ1) is 8.70. The lowest BCUT2D eigenvalue weighted by Gasteiger charge is -2.23. The van der Waals surface area contributed by atoms with Crippen molar-refractivity contribution in [3.63, 3.8) is 0 Å². The molecule has 1 aliphatic heterocycles. The minimum atomic E-state index is -3.83. The zero-order chi connectivity index (χ0) is 14.3. The van der Waals surface area contributed by atoms with E-state index in [9.17, 15) is 17.2 Å². The van der Waals surface area contributed by atoms with Gasteiger partial charge in [0, 0.05) is 19.3 Å². The molecule has 0 saturated carbocycles. The van der Waals surface area contributed by atoms with Gasteiger partial charge in [0.2, 0.25) is 5.96 Å². The molecule has 19 heavy (non-hydrogen) atoms. The molecular formula is C10H12F2N4O2S. The Morgan fingerprint density at radius 2 is 2.16 bits per heavy atom. The van der Waals surface area contributed by atoms with E-state index < -0.39 is 22.0 Å². The van der Waals surface area contributed by atoms with Crippen LogP contribution in [0, 0.1) is 0 Å². The van der Waals surface area contributed by atoms with Crippen molar-refractivity contribution >= 4 is 21.7 Å². The fraction of sp³-hybridized carbons (Fsp3) is 0.400. The first kappa shape index (κ1) is 13.7. The zero-order valence-electron chi connectivity index (χ0n) is 10.2. The number of guanidine groups is 1. The van der Waals surface area contributed by atoms with Gasteiger partial charge in [-0.15, -0.1) is 0 Å². The summed E-state index contributed by atoms with van der Waals surface area (Å²) in [6, 6.07) is 0.0685. The van der Waals surface area contributed by atoms with Crippen LogP contribution in [-0.2, 0) is 10.0 Å². The molecule has 2 N–H and O–H groups in total. The Kier molecular flexibility index (Phi) is 3.17. The normalized spacial score (nSPS) is 21.2. The predicted molar refractivity (Wildman–Crippen MR) is 65.7 cm³/mol. The summed E-state index contributed by atoms with van der Waals surface area (Å²) < 4.78 is 51.9. The number of pyridine rings is 1. The average Bonchev–Trinajstić information content (AvgIpc) is 2.26. The summed E-state index contributed by atoms with van der Waals surface area (Å²) in [6.07, 6.45) is 2.56. The van der Waals surface area contributed by atoms with Crippen molar-refractivity contribution in [2.45, 2.75) is 30.7 Å². The quantitative estimate of drug-likeness (QED) is 0.857. The minimum absolute atomic E-state index is 0.0511. The fourth-order valence-electron chi connectivity index (χ4n) is 1.40.